The number of rotatable bonds is 8. The van der Waals surface area contributed by atoms with Crippen molar-refractivity contribution in [3.8, 4) is 5.75 Å². The van der Waals surface area contributed by atoms with Crippen molar-refractivity contribution in [1.29, 1.82) is 0 Å². The zero-order valence-corrected chi connectivity index (χ0v) is 16.9. The monoisotopic (exact) mass is 387 g/mol. The van der Waals surface area contributed by atoms with Crippen LogP contribution in [0.2, 0.25) is 0 Å². The van der Waals surface area contributed by atoms with E-state index in [4.69, 9.17) is 9.26 Å². The molecule has 2 heterocycles. The lowest BCUT2D eigenvalue weighted by molar-refractivity contribution is -0.120. The fraction of sp³-hybridized carbons (Fsp3) is 0.550. The smallest absolute Gasteiger partial charge is 0.227 e. The molecule has 0 saturated carbocycles. The molecule has 1 aliphatic rings. The van der Waals surface area contributed by atoms with Gasteiger partial charge in [0.05, 0.1) is 19.6 Å². The van der Waals surface area contributed by atoms with Crippen molar-refractivity contribution in [2.24, 2.45) is 0 Å². The van der Waals surface area contributed by atoms with Crippen molar-refractivity contribution >= 4 is 5.91 Å². The molecular formula is C20H29N5O3. The van der Waals surface area contributed by atoms with Crippen LogP contribution >= 0.6 is 0 Å². The van der Waals surface area contributed by atoms with Crippen molar-refractivity contribution in [3.63, 3.8) is 0 Å². The number of benzene rings is 1. The summed E-state index contributed by atoms with van der Waals surface area (Å²) in [4.78, 5) is 21.3. The molecule has 1 saturated heterocycles. The third-order valence-corrected chi connectivity index (χ3v) is 5.18. The number of piperazine rings is 1. The van der Waals surface area contributed by atoms with E-state index in [1.165, 1.54) is 5.56 Å². The van der Waals surface area contributed by atoms with Gasteiger partial charge >= 0.3 is 0 Å². The van der Waals surface area contributed by atoms with Gasteiger partial charge in [-0.05, 0) is 24.2 Å². The number of hydrogen-bond acceptors (Lipinski definition) is 7. The Kier molecular flexibility index (Phi) is 7.00. The Labute approximate surface area is 165 Å². The summed E-state index contributed by atoms with van der Waals surface area (Å²) < 4.78 is 10.2. The Morgan fingerprint density at radius 2 is 1.96 bits per heavy atom. The van der Waals surface area contributed by atoms with E-state index >= 15 is 0 Å². The number of methoxy groups -OCH3 is 1. The van der Waals surface area contributed by atoms with Crippen LogP contribution in [0.1, 0.15) is 30.2 Å². The molecule has 1 aromatic heterocycles. The van der Waals surface area contributed by atoms with Crippen molar-refractivity contribution in [2.45, 2.75) is 26.3 Å². The fourth-order valence-electron chi connectivity index (χ4n) is 3.50. The first-order chi connectivity index (χ1) is 13.6. The highest BCUT2D eigenvalue weighted by molar-refractivity contribution is 5.77. The van der Waals surface area contributed by atoms with Crippen LogP contribution in [-0.2, 0) is 11.2 Å². The lowest BCUT2D eigenvalue weighted by atomic mass is 10.0. The number of carbonyl (C=O) groups excluding carboxylic acids is 1. The lowest BCUT2D eigenvalue weighted by Gasteiger charge is -2.39. The van der Waals surface area contributed by atoms with Crippen LogP contribution < -0.4 is 10.1 Å². The zero-order chi connectivity index (χ0) is 19.9. The molecule has 1 N–H and O–H groups in total. The number of aryl methyl sites for hydroxylation is 1. The van der Waals surface area contributed by atoms with E-state index in [9.17, 15) is 4.79 Å². The number of nitrogens with zero attached hydrogens (tertiary/aromatic N) is 4. The van der Waals surface area contributed by atoms with Gasteiger partial charge in [0.2, 0.25) is 11.8 Å². The minimum Gasteiger partial charge on any atom is -0.497 e. The largest absolute Gasteiger partial charge is 0.497 e. The fourth-order valence-corrected chi connectivity index (χ4v) is 3.50. The first-order valence-corrected chi connectivity index (χ1v) is 9.75. The molecule has 0 spiro atoms. The number of likely N-dealkylation sites (N-methyl/N-ethyl adjacent to an activating group) is 1. The SMILES string of the molecule is CCN1CCN(C(CNC(=O)Cc2noc(C)n2)c2ccc(OC)cc2)CC1. The first-order valence-electron chi connectivity index (χ1n) is 9.75. The lowest BCUT2D eigenvalue weighted by Crippen LogP contribution is -2.49. The van der Waals surface area contributed by atoms with Gasteiger partial charge in [-0.15, -0.1) is 0 Å². The summed E-state index contributed by atoms with van der Waals surface area (Å²) in [6, 6.07) is 8.19. The molecule has 0 aliphatic carbocycles. The number of nitrogens with one attached hydrogen (secondary N) is 1. The predicted molar refractivity (Wildman–Crippen MR) is 105 cm³/mol. The van der Waals surface area contributed by atoms with Gasteiger partial charge in [-0.1, -0.05) is 24.2 Å². The molecule has 0 radical (unpaired) electrons. The number of ether oxygens (including phenoxy) is 1. The van der Waals surface area contributed by atoms with E-state index < -0.39 is 0 Å². The Bertz CT molecular complexity index is 753. The number of hydrogen-bond donors (Lipinski definition) is 1. The summed E-state index contributed by atoms with van der Waals surface area (Å²) in [6.07, 6.45) is 0.121. The van der Waals surface area contributed by atoms with Crippen LogP contribution in [0.5, 0.6) is 5.75 Å². The number of carbonyl (C=O) groups is 1. The molecule has 2 aromatic rings. The highest BCUT2D eigenvalue weighted by Gasteiger charge is 2.25. The molecule has 1 atom stereocenters. The number of amides is 1. The van der Waals surface area contributed by atoms with Gasteiger partial charge in [0.25, 0.3) is 0 Å². The van der Waals surface area contributed by atoms with Crippen LogP contribution in [0.3, 0.4) is 0 Å². The maximum Gasteiger partial charge on any atom is 0.227 e. The average Bonchev–Trinajstić information content (AvgIpc) is 3.13. The van der Waals surface area contributed by atoms with Crippen molar-refractivity contribution in [3.05, 3.63) is 41.5 Å². The van der Waals surface area contributed by atoms with E-state index in [2.05, 4.69) is 44.3 Å². The van der Waals surface area contributed by atoms with Crippen LogP contribution in [0.4, 0.5) is 0 Å². The highest BCUT2D eigenvalue weighted by Crippen LogP contribution is 2.24. The zero-order valence-electron chi connectivity index (χ0n) is 16.9. The van der Waals surface area contributed by atoms with E-state index in [0.717, 1.165) is 38.5 Å². The quantitative estimate of drug-likeness (QED) is 0.733. The van der Waals surface area contributed by atoms with Gasteiger partial charge < -0.3 is 19.5 Å². The third-order valence-electron chi connectivity index (χ3n) is 5.18. The molecule has 0 bridgehead atoms. The van der Waals surface area contributed by atoms with Gasteiger partial charge in [0.1, 0.15) is 5.75 Å². The normalized spacial score (nSPS) is 16.7. The van der Waals surface area contributed by atoms with Crippen LogP contribution in [0.15, 0.2) is 28.8 Å². The van der Waals surface area contributed by atoms with Gasteiger partial charge in [0.15, 0.2) is 5.82 Å². The van der Waals surface area contributed by atoms with Crippen LogP contribution in [0, 0.1) is 6.92 Å². The Hall–Kier alpha value is -2.45. The molecule has 1 fully saturated rings. The van der Waals surface area contributed by atoms with E-state index in [0.29, 0.717) is 18.3 Å². The maximum absolute atomic E-state index is 12.4. The van der Waals surface area contributed by atoms with Gasteiger partial charge in [-0.3, -0.25) is 9.69 Å². The standard InChI is InChI=1S/C20H29N5O3/c1-4-24-9-11-25(12-10-24)18(16-5-7-17(27-3)8-6-16)14-21-20(26)13-19-22-15(2)28-23-19/h5-8,18H,4,9-14H2,1-3H3,(H,21,26). The van der Waals surface area contributed by atoms with E-state index in [-0.39, 0.29) is 18.4 Å². The van der Waals surface area contributed by atoms with E-state index in [1.807, 2.05) is 12.1 Å². The Balaban J connectivity index is 1.65. The summed E-state index contributed by atoms with van der Waals surface area (Å²) in [7, 11) is 1.66. The third kappa shape index (κ3) is 5.30. The Morgan fingerprint density at radius 3 is 2.54 bits per heavy atom. The molecule has 3 rings (SSSR count). The second kappa shape index (κ2) is 9.66. The van der Waals surface area contributed by atoms with Crippen molar-refractivity contribution in [1.82, 2.24) is 25.3 Å². The molecule has 28 heavy (non-hydrogen) atoms. The summed E-state index contributed by atoms with van der Waals surface area (Å²) in [5.41, 5.74) is 1.17. The van der Waals surface area contributed by atoms with E-state index in [1.54, 1.807) is 14.0 Å². The minimum absolute atomic E-state index is 0.105. The van der Waals surface area contributed by atoms with Crippen molar-refractivity contribution < 1.29 is 14.1 Å². The topological polar surface area (TPSA) is 83.7 Å². The van der Waals surface area contributed by atoms with Crippen LogP contribution in [-0.4, -0.2) is 72.2 Å². The number of aromatic nitrogens is 2. The van der Waals surface area contributed by atoms with Gasteiger partial charge in [-0.2, -0.15) is 4.98 Å². The molecule has 152 valence electrons. The maximum atomic E-state index is 12.4. The summed E-state index contributed by atoms with van der Waals surface area (Å²) >= 11 is 0. The van der Waals surface area contributed by atoms with Gasteiger partial charge in [-0.25, -0.2) is 0 Å². The molecular weight excluding hydrogens is 358 g/mol. The Morgan fingerprint density at radius 1 is 1.25 bits per heavy atom. The average molecular weight is 387 g/mol. The molecule has 8 heteroatoms. The second-order valence-corrected chi connectivity index (χ2v) is 6.97. The molecule has 1 amide bonds. The summed E-state index contributed by atoms with van der Waals surface area (Å²) in [5.74, 6) is 1.60. The molecule has 1 unspecified atom stereocenters. The second-order valence-electron chi connectivity index (χ2n) is 6.97. The highest BCUT2D eigenvalue weighted by atomic mass is 16.5. The minimum atomic E-state index is -0.105. The van der Waals surface area contributed by atoms with Crippen LogP contribution in [0.25, 0.3) is 0 Å². The van der Waals surface area contributed by atoms with Crippen molar-refractivity contribution in [2.75, 3.05) is 46.4 Å². The molecule has 8 nitrogen and oxygen atoms in total. The summed E-state index contributed by atoms with van der Waals surface area (Å²) in [6.45, 7) is 9.55. The summed E-state index contributed by atoms with van der Waals surface area (Å²) in [5, 5.41) is 6.83. The van der Waals surface area contributed by atoms with Gasteiger partial charge in [0, 0.05) is 39.6 Å². The first kappa shape index (κ1) is 20.3. The molecule has 1 aliphatic heterocycles. The predicted octanol–water partition coefficient (Wildman–Crippen LogP) is 1.42. The molecule has 1 aromatic carbocycles.